The van der Waals surface area contributed by atoms with Crippen LogP contribution in [0, 0.1) is 0 Å². The number of nitrogens with one attached hydrogen (secondary N) is 2. The number of likely N-dealkylation sites (tertiary alicyclic amines) is 1. The summed E-state index contributed by atoms with van der Waals surface area (Å²) in [5, 5.41) is 6.53. The monoisotopic (exact) mass is 273 g/mol. The van der Waals surface area contributed by atoms with E-state index in [1.165, 1.54) is 5.56 Å². The molecule has 2 N–H and O–H groups in total. The molecule has 3 rings (SSSR count). The fourth-order valence-corrected chi connectivity index (χ4v) is 3.15. The largest absolute Gasteiger partial charge is 0.373 e. The first-order chi connectivity index (χ1) is 9.76. The molecule has 1 saturated heterocycles. The number of piperidine rings is 1. The fraction of sp³-hybridized carbons (Fsp3) is 0.562. The third-order valence-electron chi connectivity index (χ3n) is 4.47. The van der Waals surface area contributed by atoms with Crippen molar-refractivity contribution in [3.05, 3.63) is 29.8 Å². The number of rotatable bonds is 3. The molecular formula is C16H23N3O. The zero-order valence-corrected chi connectivity index (χ0v) is 12.1. The molecule has 0 aliphatic carbocycles. The van der Waals surface area contributed by atoms with E-state index in [1.54, 1.807) is 0 Å². The van der Waals surface area contributed by atoms with Gasteiger partial charge in [0, 0.05) is 31.2 Å². The van der Waals surface area contributed by atoms with Crippen molar-refractivity contribution in [1.82, 2.24) is 10.2 Å². The van der Waals surface area contributed by atoms with Crippen LogP contribution >= 0.6 is 0 Å². The summed E-state index contributed by atoms with van der Waals surface area (Å²) in [7, 11) is 0. The van der Waals surface area contributed by atoms with Gasteiger partial charge in [-0.1, -0.05) is 25.1 Å². The first-order valence-electron chi connectivity index (χ1n) is 7.63. The molecule has 0 bridgehead atoms. The molecule has 0 spiro atoms. The standard InChI is InChI=1S/C16H23N3O/c1-2-19-9-7-13(8-10-19)17-16(20)15-11-12-5-3-4-6-14(12)18-15/h3-6,13,15,18H,2,7-11H2,1H3,(H,17,20)/t15-/m0/s1. The first-order valence-corrected chi connectivity index (χ1v) is 7.63. The predicted molar refractivity (Wildman–Crippen MR) is 80.8 cm³/mol. The van der Waals surface area contributed by atoms with Crippen LogP contribution in [0.1, 0.15) is 25.3 Å². The van der Waals surface area contributed by atoms with Gasteiger partial charge in [0.1, 0.15) is 6.04 Å². The Balaban J connectivity index is 1.52. The molecule has 1 amide bonds. The lowest BCUT2D eigenvalue weighted by Crippen LogP contribution is -2.48. The first kappa shape index (κ1) is 13.4. The maximum absolute atomic E-state index is 12.3. The molecular weight excluding hydrogens is 250 g/mol. The molecule has 0 radical (unpaired) electrons. The number of anilines is 1. The van der Waals surface area contributed by atoms with Crippen LogP contribution in [0.3, 0.4) is 0 Å². The van der Waals surface area contributed by atoms with Gasteiger partial charge < -0.3 is 15.5 Å². The molecule has 0 saturated carbocycles. The number of para-hydroxylation sites is 1. The molecule has 1 fully saturated rings. The summed E-state index contributed by atoms with van der Waals surface area (Å²) < 4.78 is 0. The molecule has 2 aliphatic rings. The highest BCUT2D eigenvalue weighted by Gasteiger charge is 2.28. The second-order valence-electron chi connectivity index (χ2n) is 5.78. The number of hydrogen-bond donors (Lipinski definition) is 2. The van der Waals surface area contributed by atoms with Crippen molar-refractivity contribution in [3.63, 3.8) is 0 Å². The summed E-state index contributed by atoms with van der Waals surface area (Å²) in [6.45, 7) is 5.50. The average Bonchev–Trinajstić information content (AvgIpc) is 2.92. The Morgan fingerprint density at radius 2 is 2.10 bits per heavy atom. The number of nitrogens with zero attached hydrogens (tertiary/aromatic N) is 1. The minimum Gasteiger partial charge on any atom is -0.373 e. The average molecular weight is 273 g/mol. The zero-order valence-electron chi connectivity index (χ0n) is 12.1. The van der Waals surface area contributed by atoms with Gasteiger partial charge in [0.05, 0.1) is 0 Å². The molecule has 1 atom stereocenters. The maximum Gasteiger partial charge on any atom is 0.243 e. The highest BCUT2D eigenvalue weighted by Crippen LogP contribution is 2.25. The molecule has 4 heteroatoms. The van der Waals surface area contributed by atoms with Gasteiger partial charge in [-0.15, -0.1) is 0 Å². The Bertz CT molecular complexity index is 455. The second kappa shape index (κ2) is 5.83. The number of hydrogen-bond acceptors (Lipinski definition) is 3. The van der Waals surface area contributed by atoms with Crippen molar-refractivity contribution in [3.8, 4) is 0 Å². The lowest BCUT2D eigenvalue weighted by molar-refractivity contribution is -0.122. The van der Waals surface area contributed by atoms with E-state index in [2.05, 4.69) is 28.5 Å². The maximum atomic E-state index is 12.3. The number of carbonyl (C=O) groups excluding carboxylic acids is 1. The van der Waals surface area contributed by atoms with Crippen molar-refractivity contribution in [2.24, 2.45) is 0 Å². The van der Waals surface area contributed by atoms with Gasteiger partial charge in [-0.3, -0.25) is 4.79 Å². The molecule has 20 heavy (non-hydrogen) atoms. The summed E-state index contributed by atoms with van der Waals surface area (Å²) in [5.41, 5.74) is 2.35. The molecule has 108 valence electrons. The Morgan fingerprint density at radius 1 is 1.35 bits per heavy atom. The highest BCUT2D eigenvalue weighted by molar-refractivity contribution is 5.87. The minimum atomic E-state index is -0.100. The van der Waals surface area contributed by atoms with Gasteiger partial charge in [-0.2, -0.15) is 0 Å². The van der Waals surface area contributed by atoms with E-state index in [4.69, 9.17) is 0 Å². The van der Waals surface area contributed by atoms with Gasteiger partial charge >= 0.3 is 0 Å². The summed E-state index contributed by atoms with van der Waals surface area (Å²) >= 11 is 0. The van der Waals surface area contributed by atoms with E-state index in [0.717, 1.165) is 44.6 Å². The number of fused-ring (bicyclic) bond motifs is 1. The van der Waals surface area contributed by atoms with Crippen LogP contribution in [-0.4, -0.2) is 42.5 Å². The van der Waals surface area contributed by atoms with E-state index in [-0.39, 0.29) is 11.9 Å². The predicted octanol–water partition coefficient (Wildman–Crippen LogP) is 1.62. The lowest BCUT2D eigenvalue weighted by Gasteiger charge is -2.32. The van der Waals surface area contributed by atoms with Crippen molar-refractivity contribution in [2.75, 3.05) is 25.0 Å². The van der Waals surface area contributed by atoms with Crippen LogP contribution in [0.5, 0.6) is 0 Å². The smallest absolute Gasteiger partial charge is 0.243 e. The Kier molecular flexibility index (Phi) is 3.92. The normalized spacial score (nSPS) is 23.1. The van der Waals surface area contributed by atoms with Crippen LogP contribution in [0.25, 0.3) is 0 Å². The number of benzene rings is 1. The van der Waals surface area contributed by atoms with Crippen molar-refractivity contribution in [2.45, 2.75) is 38.3 Å². The Labute approximate surface area is 120 Å². The Morgan fingerprint density at radius 3 is 2.80 bits per heavy atom. The van der Waals surface area contributed by atoms with Crippen molar-refractivity contribution < 1.29 is 4.79 Å². The van der Waals surface area contributed by atoms with Crippen molar-refractivity contribution >= 4 is 11.6 Å². The molecule has 4 nitrogen and oxygen atoms in total. The quantitative estimate of drug-likeness (QED) is 0.879. The topological polar surface area (TPSA) is 44.4 Å². The number of carbonyl (C=O) groups is 1. The van der Waals surface area contributed by atoms with Crippen LogP contribution in [0.4, 0.5) is 5.69 Å². The summed E-state index contributed by atoms with van der Waals surface area (Å²) in [4.78, 5) is 14.8. The highest BCUT2D eigenvalue weighted by atomic mass is 16.2. The third-order valence-corrected chi connectivity index (χ3v) is 4.47. The summed E-state index contributed by atoms with van der Waals surface area (Å²) in [6, 6.07) is 8.42. The molecule has 0 aromatic heterocycles. The summed E-state index contributed by atoms with van der Waals surface area (Å²) in [5.74, 6) is 0.149. The van der Waals surface area contributed by atoms with Crippen LogP contribution in [-0.2, 0) is 11.2 Å². The van der Waals surface area contributed by atoms with E-state index in [1.807, 2.05) is 18.2 Å². The molecule has 2 aliphatic heterocycles. The van der Waals surface area contributed by atoms with Crippen LogP contribution < -0.4 is 10.6 Å². The molecule has 0 unspecified atom stereocenters. The van der Waals surface area contributed by atoms with Crippen LogP contribution in [0.15, 0.2) is 24.3 Å². The number of amides is 1. The van der Waals surface area contributed by atoms with E-state index in [9.17, 15) is 4.79 Å². The Hall–Kier alpha value is -1.55. The third kappa shape index (κ3) is 2.80. The molecule has 1 aromatic rings. The summed E-state index contributed by atoms with van der Waals surface area (Å²) in [6.07, 6.45) is 2.94. The fourth-order valence-electron chi connectivity index (χ4n) is 3.15. The molecule has 2 heterocycles. The van der Waals surface area contributed by atoms with Crippen molar-refractivity contribution in [1.29, 1.82) is 0 Å². The van der Waals surface area contributed by atoms with Gasteiger partial charge in [-0.05, 0) is 31.0 Å². The minimum absolute atomic E-state index is 0.100. The lowest BCUT2D eigenvalue weighted by atomic mass is 10.0. The van der Waals surface area contributed by atoms with E-state index < -0.39 is 0 Å². The van der Waals surface area contributed by atoms with E-state index >= 15 is 0 Å². The SMILES string of the molecule is CCN1CCC(NC(=O)[C@@H]2Cc3ccccc3N2)CC1. The molecule has 1 aromatic carbocycles. The second-order valence-corrected chi connectivity index (χ2v) is 5.78. The van der Waals surface area contributed by atoms with Gasteiger partial charge in [0.25, 0.3) is 0 Å². The van der Waals surface area contributed by atoms with Gasteiger partial charge in [-0.25, -0.2) is 0 Å². The van der Waals surface area contributed by atoms with Gasteiger partial charge in [0.2, 0.25) is 5.91 Å². The van der Waals surface area contributed by atoms with E-state index in [0.29, 0.717) is 6.04 Å². The van der Waals surface area contributed by atoms with Gasteiger partial charge in [0.15, 0.2) is 0 Å². The zero-order chi connectivity index (χ0) is 13.9. The van der Waals surface area contributed by atoms with Crippen LogP contribution in [0.2, 0.25) is 0 Å².